The largest absolute Gasteiger partial charge is 0.478 e. The summed E-state index contributed by atoms with van der Waals surface area (Å²) in [6, 6.07) is 25.8. The number of allylic oxidation sites excluding steroid dienone is 1. The molecule has 0 unspecified atom stereocenters. The van der Waals surface area contributed by atoms with Gasteiger partial charge >= 0.3 is 0 Å². The van der Waals surface area contributed by atoms with Crippen molar-refractivity contribution in [1.82, 2.24) is 4.90 Å². The normalized spacial score (nSPS) is 16.2. The Labute approximate surface area is 191 Å². The van der Waals surface area contributed by atoms with Gasteiger partial charge in [0.05, 0.1) is 23.9 Å². The third-order valence-electron chi connectivity index (χ3n) is 5.96. The van der Waals surface area contributed by atoms with Crippen molar-refractivity contribution in [3.63, 3.8) is 0 Å². The Bertz CT molecular complexity index is 1340. The maximum absolute atomic E-state index is 13.1. The van der Waals surface area contributed by atoms with Gasteiger partial charge in [-0.15, -0.1) is 0 Å². The van der Waals surface area contributed by atoms with E-state index < -0.39 is 0 Å². The van der Waals surface area contributed by atoms with Gasteiger partial charge in [-0.1, -0.05) is 54.6 Å². The predicted molar refractivity (Wildman–Crippen MR) is 125 cm³/mol. The number of ketones is 1. The SMILES string of the molecule is O=C1/C(=C/c2ccc(-c3ccccc3)cc2)Oc2c1ccc1c2CN(Cc2ccco2)CO1. The molecule has 0 atom stereocenters. The van der Waals surface area contributed by atoms with Crippen LogP contribution in [0, 0.1) is 0 Å². The Kier molecular flexibility index (Phi) is 4.82. The van der Waals surface area contributed by atoms with E-state index in [1.54, 1.807) is 18.4 Å². The van der Waals surface area contributed by atoms with E-state index in [9.17, 15) is 4.79 Å². The minimum Gasteiger partial charge on any atom is -0.478 e. The third-order valence-corrected chi connectivity index (χ3v) is 5.96. The van der Waals surface area contributed by atoms with E-state index in [0.717, 1.165) is 33.8 Å². The maximum Gasteiger partial charge on any atom is 0.231 e. The molecule has 0 radical (unpaired) electrons. The van der Waals surface area contributed by atoms with Gasteiger partial charge in [0.1, 0.15) is 24.0 Å². The smallest absolute Gasteiger partial charge is 0.231 e. The molecule has 0 aliphatic carbocycles. The molecule has 0 spiro atoms. The van der Waals surface area contributed by atoms with Crippen LogP contribution in [-0.4, -0.2) is 17.4 Å². The number of benzene rings is 3. The zero-order chi connectivity index (χ0) is 22.2. The first-order chi connectivity index (χ1) is 16.2. The van der Waals surface area contributed by atoms with E-state index in [2.05, 4.69) is 29.2 Å². The summed E-state index contributed by atoms with van der Waals surface area (Å²) in [4.78, 5) is 15.2. The van der Waals surface area contributed by atoms with Gasteiger partial charge in [-0.05, 0) is 47.0 Å². The molecular weight excluding hydrogens is 414 g/mol. The third kappa shape index (κ3) is 3.73. The van der Waals surface area contributed by atoms with Crippen LogP contribution >= 0.6 is 0 Å². The van der Waals surface area contributed by atoms with Crippen molar-refractivity contribution >= 4 is 11.9 Å². The Morgan fingerprint density at radius 2 is 1.70 bits per heavy atom. The fourth-order valence-electron chi connectivity index (χ4n) is 4.28. The lowest BCUT2D eigenvalue weighted by Crippen LogP contribution is -2.31. The van der Waals surface area contributed by atoms with E-state index in [1.807, 2.05) is 48.5 Å². The molecule has 3 heterocycles. The zero-order valence-corrected chi connectivity index (χ0v) is 17.9. The van der Waals surface area contributed by atoms with Gasteiger partial charge in [-0.2, -0.15) is 0 Å². The van der Waals surface area contributed by atoms with Crippen molar-refractivity contribution in [2.75, 3.05) is 6.73 Å². The van der Waals surface area contributed by atoms with Crippen LogP contribution in [0.15, 0.2) is 95.3 Å². The Hall–Kier alpha value is -4.09. The molecule has 5 heteroatoms. The van der Waals surface area contributed by atoms with E-state index in [4.69, 9.17) is 13.9 Å². The van der Waals surface area contributed by atoms with E-state index in [-0.39, 0.29) is 5.78 Å². The van der Waals surface area contributed by atoms with Crippen molar-refractivity contribution in [2.45, 2.75) is 13.1 Å². The molecule has 0 fully saturated rings. The van der Waals surface area contributed by atoms with Crippen LogP contribution in [0.25, 0.3) is 17.2 Å². The minimum absolute atomic E-state index is 0.108. The monoisotopic (exact) mass is 435 g/mol. The van der Waals surface area contributed by atoms with Crippen LogP contribution in [-0.2, 0) is 13.1 Å². The van der Waals surface area contributed by atoms with E-state index in [0.29, 0.717) is 36.9 Å². The topological polar surface area (TPSA) is 51.9 Å². The van der Waals surface area contributed by atoms with Crippen LogP contribution < -0.4 is 9.47 Å². The lowest BCUT2D eigenvalue weighted by Gasteiger charge is -2.29. The van der Waals surface area contributed by atoms with Crippen LogP contribution in [0.4, 0.5) is 0 Å². The Morgan fingerprint density at radius 1 is 0.879 bits per heavy atom. The van der Waals surface area contributed by atoms with Crippen molar-refractivity contribution < 1.29 is 18.7 Å². The highest BCUT2D eigenvalue weighted by Gasteiger charge is 2.33. The van der Waals surface area contributed by atoms with Gasteiger partial charge in [0.15, 0.2) is 5.76 Å². The molecule has 3 aromatic carbocycles. The molecule has 0 saturated carbocycles. The molecule has 162 valence electrons. The summed E-state index contributed by atoms with van der Waals surface area (Å²) < 4.78 is 17.5. The number of rotatable bonds is 4. The van der Waals surface area contributed by atoms with Crippen LogP contribution in [0.5, 0.6) is 11.5 Å². The molecule has 2 aliphatic rings. The molecule has 2 aliphatic heterocycles. The van der Waals surface area contributed by atoms with E-state index >= 15 is 0 Å². The number of Topliss-reactive ketones (excluding diaryl/α,β-unsaturated/α-hetero) is 1. The quantitative estimate of drug-likeness (QED) is 0.373. The molecule has 5 nitrogen and oxygen atoms in total. The average Bonchev–Trinajstić information content (AvgIpc) is 3.48. The molecule has 6 rings (SSSR count). The number of hydrogen-bond donors (Lipinski definition) is 0. The number of carbonyl (C=O) groups is 1. The lowest BCUT2D eigenvalue weighted by atomic mass is 10.0. The first-order valence-corrected chi connectivity index (χ1v) is 10.9. The molecule has 0 saturated heterocycles. The molecule has 33 heavy (non-hydrogen) atoms. The van der Waals surface area contributed by atoms with E-state index in [1.165, 1.54) is 0 Å². The molecule has 1 aromatic heterocycles. The van der Waals surface area contributed by atoms with Gasteiger partial charge in [-0.25, -0.2) is 0 Å². The average molecular weight is 435 g/mol. The second kappa shape index (κ2) is 8.11. The Balaban J connectivity index is 1.25. The Morgan fingerprint density at radius 3 is 2.48 bits per heavy atom. The number of fused-ring (bicyclic) bond motifs is 3. The number of nitrogens with zero attached hydrogens (tertiary/aromatic N) is 1. The van der Waals surface area contributed by atoms with Gasteiger partial charge < -0.3 is 13.9 Å². The summed E-state index contributed by atoms with van der Waals surface area (Å²) in [6.07, 6.45) is 3.46. The van der Waals surface area contributed by atoms with Crippen molar-refractivity contribution in [3.8, 4) is 22.6 Å². The van der Waals surface area contributed by atoms with Crippen LogP contribution in [0.3, 0.4) is 0 Å². The summed E-state index contributed by atoms with van der Waals surface area (Å²) in [7, 11) is 0. The van der Waals surface area contributed by atoms with Crippen LogP contribution in [0.2, 0.25) is 0 Å². The van der Waals surface area contributed by atoms with Crippen molar-refractivity contribution in [1.29, 1.82) is 0 Å². The molecular formula is C28H21NO4. The summed E-state index contributed by atoms with van der Waals surface area (Å²) in [5.41, 5.74) is 4.66. The molecule has 0 bridgehead atoms. The summed E-state index contributed by atoms with van der Waals surface area (Å²) in [6.45, 7) is 1.70. The number of carbonyl (C=O) groups excluding carboxylic acids is 1. The highest BCUT2D eigenvalue weighted by atomic mass is 16.5. The maximum atomic E-state index is 13.1. The molecule has 0 N–H and O–H groups in total. The van der Waals surface area contributed by atoms with Crippen molar-refractivity contribution in [2.24, 2.45) is 0 Å². The number of furan rings is 1. The fraction of sp³-hybridized carbons (Fsp3) is 0.107. The first kappa shape index (κ1) is 19.6. The first-order valence-electron chi connectivity index (χ1n) is 10.9. The lowest BCUT2D eigenvalue weighted by molar-refractivity contribution is 0.0810. The molecule has 0 amide bonds. The number of hydrogen-bond acceptors (Lipinski definition) is 5. The standard InChI is InChI=1S/C28H21NO4/c30-27-23-12-13-25-24(17-29(18-32-25)16-22-7-4-14-31-22)28(23)33-26(27)15-19-8-10-21(11-9-19)20-5-2-1-3-6-20/h1-15H,16-18H2/b26-15-. The predicted octanol–water partition coefficient (Wildman–Crippen LogP) is 5.91. The second-order valence-electron chi connectivity index (χ2n) is 8.19. The summed E-state index contributed by atoms with van der Waals surface area (Å²) >= 11 is 0. The summed E-state index contributed by atoms with van der Waals surface area (Å²) in [5.74, 6) is 2.43. The highest BCUT2D eigenvalue weighted by Crippen LogP contribution is 2.42. The van der Waals surface area contributed by atoms with Gasteiger partial charge in [-0.3, -0.25) is 9.69 Å². The van der Waals surface area contributed by atoms with Gasteiger partial charge in [0, 0.05) is 6.54 Å². The highest BCUT2D eigenvalue weighted by molar-refractivity contribution is 6.15. The van der Waals surface area contributed by atoms with Crippen molar-refractivity contribution in [3.05, 3.63) is 113 Å². The van der Waals surface area contributed by atoms with Gasteiger partial charge in [0.2, 0.25) is 5.78 Å². The second-order valence-corrected chi connectivity index (χ2v) is 8.19. The van der Waals surface area contributed by atoms with Gasteiger partial charge in [0.25, 0.3) is 0 Å². The summed E-state index contributed by atoms with van der Waals surface area (Å²) in [5, 5.41) is 0. The minimum atomic E-state index is -0.108. The van der Waals surface area contributed by atoms with Crippen LogP contribution in [0.1, 0.15) is 27.2 Å². The zero-order valence-electron chi connectivity index (χ0n) is 17.9. The fourth-order valence-corrected chi connectivity index (χ4v) is 4.28. The molecule has 4 aromatic rings. The number of ether oxygens (including phenoxy) is 2.